The van der Waals surface area contributed by atoms with Crippen LogP contribution in [0.4, 0.5) is 0 Å². The van der Waals surface area contributed by atoms with Crippen LogP contribution in [0.25, 0.3) is 0 Å². The Hall–Kier alpha value is 0.507. The maximum absolute atomic E-state index is 5.70. The molecule has 0 aromatic carbocycles. The molecule has 0 N–H and O–H groups in total. The summed E-state index contributed by atoms with van der Waals surface area (Å²) in [5.74, 6) is 0. The Bertz CT molecular complexity index is 155. The predicted molar refractivity (Wildman–Crippen MR) is 101 cm³/mol. The van der Waals surface area contributed by atoms with Crippen molar-refractivity contribution in [2.75, 3.05) is 0 Å². The second-order valence-electron chi connectivity index (χ2n) is 6.54. The lowest BCUT2D eigenvalue weighted by Crippen LogP contribution is -1.84. The van der Waals surface area contributed by atoms with Crippen molar-refractivity contribution in [2.45, 2.75) is 122 Å². The van der Waals surface area contributed by atoms with Gasteiger partial charge < -0.3 is 0 Å². The molecule has 0 amide bonds. The second kappa shape index (κ2) is 20.5. The zero-order valence-electron chi connectivity index (χ0n) is 14.6. The fourth-order valence-corrected chi connectivity index (χ4v) is 3.70. The van der Waals surface area contributed by atoms with Crippen LogP contribution in [-0.2, 0) is 0 Å². The van der Waals surface area contributed by atoms with Gasteiger partial charge in [-0.25, -0.2) is 0 Å². The van der Waals surface area contributed by atoms with Crippen molar-refractivity contribution < 1.29 is 0 Å². The molecule has 0 unspecified atom stereocenters. The third kappa shape index (κ3) is 20.5. The molecule has 0 spiro atoms. The smallest absolute Gasteiger partial charge is 0.171 e. The minimum absolute atomic E-state index is 0.641. The summed E-state index contributed by atoms with van der Waals surface area (Å²) in [6.45, 7) is 2.29. The van der Waals surface area contributed by atoms with Crippen molar-refractivity contribution in [3.05, 3.63) is 0 Å². The Balaban J connectivity index is 2.90. The summed E-state index contributed by atoms with van der Waals surface area (Å²) in [7, 11) is 0.641. The molecule has 2 heteroatoms. The maximum atomic E-state index is 5.70. The van der Waals surface area contributed by atoms with Crippen LogP contribution in [0.3, 0.4) is 0 Å². The zero-order chi connectivity index (χ0) is 15.4. The third-order valence-electron chi connectivity index (χ3n) is 4.37. The van der Waals surface area contributed by atoms with Gasteiger partial charge in [-0.2, -0.15) is 11.1 Å². The van der Waals surface area contributed by atoms with Crippen LogP contribution in [0.2, 0.25) is 6.04 Å². The van der Waals surface area contributed by atoms with Gasteiger partial charge in [0.25, 0.3) is 0 Å². The molecule has 0 aromatic rings. The van der Waals surface area contributed by atoms with Crippen LogP contribution >= 0.6 is 11.1 Å². The first-order valence-electron chi connectivity index (χ1n) is 9.75. The van der Waals surface area contributed by atoms with E-state index in [-0.39, 0.29) is 0 Å². The molecule has 0 aliphatic rings. The number of hydrogen-bond donors (Lipinski definition) is 0. The average molecular weight is 331 g/mol. The first-order valence-corrected chi connectivity index (χ1v) is 12.0. The highest BCUT2D eigenvalue weighted by Crippen LogP contribution is 2.14. The van der Waals surface area contributed by atoms with Crippen molar-refractivity contribution in [1.82, 2.24) is 0 Å². The molecular weight excluding hydrogens is 292 g/mol. The van der Waals surface area contributed by atoms with Crippen LogP contribution < -0.4 is 0 Å². The Morgan fingerprint density at radius 1 is 0.476 bits per heavy atom. The lowest BCUT2D eigenvalue weighted by molar-refractivity contribution is 0.529. The van der Waals surface area contributed by atoms with Crippen molar-refractivity contribution in [3.63, 3.8) is 0 Å². The van der Waals surface area contributed by atoms with Gasteiger partial charge in [0.1, 0.15) is 0 Å². The summed E-state index contributed by atoms with van der Waals surface area (Å²) in [5.41, 5.74) is 0. The van der Waals surface area contributed by atoms with Gasteiger partial charge in [-0.3, -0.25) is 0 Å². The van der Waals surface area contributed by atoms with Gasteiger partial charge >= 0.3 is 0 Å². The molecule has 0 saturated carbocycles. The minimum atomic E-state index is 0.641. The summed E-state index contributed by atoms with van der Waals surface area (Å²) in [5, 5.41) is 0. The Kier molecular flexibility index (Phi) is 21.0. The second-order valence-corrected chi connectivity index (χ2v) is 8.11. The fourth-order valence-electron chi connectivity index (χ4n) is 2.92. The monoisotopic (exact) mass is 330 g/mol. The molecule has 21 heavy (non-hydrogen) atoms. The zero-order valence-corrected chi connectivity index (χ0v) is 16.4. The van der Waals surface area contributed by atoms with E-state index in [0.29, 0.717) is 8.83 Å². The average Bonchev–Trinajstić information content (AvgIpc) is 2.50. The van der Waals surface area contributed by atoms with Gasteiger partial charge in [-0.1, -0.05) is 116 Å². The maximum Gasteiger partial charge on any atom is 0.171 e. The molecule has 0 bridgehead atoms. The highest BCUT2D eigenvalue weighted by atomic mass is 35.6. The summed E-state index contributed by atoms with van der Waals surface area (Å²) >= 11 is 5.70. The van der Waals surface area contributed by atoms with Crippen LogP contribution in [-0.4, -0.2) is 8.83 Å². The molecule has 0 aliphatic carbocycles. The summed E-state index contributed by atoms with van der Waals surface area (Å²) in [6.07, 6.45) is 24.6. The molecule has 0 nitrogen and oxygen atoms in total. The molecular formula is C19H39ClSi. The fraction of sp³-hybridized carbons (Fsp3) is 1.00. The number of unbranched alkanes of at least 4 members (excludes halogenated alkanes) is 16. The Morgan fingerprint density at radius 3 is 1.05 bits per heavy atom. The van der Waals surface area contributed by atoms with Gasteiger partial charge in [-0.15, -0.1) is 0 Å². The lowest BCUT2D eigenvalue weighted by atomic mass is 10.0. The predicted octanol–water partition coefficient (Wildman–Crippen LogP) is 7.91. The van der Waals surface area contributed by atoms with Crippen LogP contribution in [0.5, 0.6) is 0 Å². The molecule has 0 aromatic heterocycles. The van der Waals surface area contributed by atoms with Gasteiger partial charge in [-0.05, 0) is 6.04 Å². The van der Waals surface area contributed by atoms with Gasteiger partial charge in [0, 0.05) is 0 Å². The van der Waals surface area contributed by atoms with Gasteiger partial charge in [0.05, 0.1) is 0 Å². The summed E-state index contributed by atoms with van der Waals surface area (Å²) in [4.78, 5) is 0. The molecule has 126 valence electrons. The van der Waals surface area contributed by atoms with E-state index in [1.165, 1.54) is 115 Å². The van der Waals surface area contributed by atoms with E-state index in [0.717, 1.165) is 0 Å². The Morgan fingerprint density at radius 2 is 0.762 bits per heavy atom. The van der Waals surface area contributed by atoms with Crippen molar-refractivity contribution >= 4 is 19.9 Å². The van der Waals surface area contributed by atoms with Crippen molar-refractivity contribution in [1.29, 1.82) is 0 Å². The van der Waals surface area contributed by atoms with E-state index in [1.54, 1.807) is 0 Å². The van der Waals surface area contributed by atoms with Crippen molar-refractivity contribution in [3.8, 4) is 0 Å². The van der Waals surface area contributed by atoms with Gasteiger partial charge in [0.15, 0.2) is 8.83 Å². The molecule has 0 saturated heterocycles. The molecule has 0 aliphatic heterocycles. The topological polar surface area (TPSA) is 0 Å². The van der Waals surface area contributed by atoms with Crippen LogP contribution in [0, 0.1) is 0 Å². The number of hydrogen-bond acceptors (Lipinski definition) is 0. The first-order chi connectivity index (χ1) is 10.4. The molecule has 0 heterocycles. The van der Waals surface area contributed by atoms with Crippen molar-refractivity contribution in [2.24, 2.45) is 0 Å². The highest BCUT2D eigenvalue weighted by Gasteiger charge is 1.94. The number of halogens is 1. The summed E-state index contributed by atoms with van der Waals surface area (Å²) < 4.78 is 0. The highest BCUT2D eigenvalue weighted by molar-refractivity contribution is 6.93. The number of rotatable bonds is 18. The minimum Gasteiger partial charge on any atom is -0.171 e. The SMILES string of the molecule is CCCCCCCCCCCCCCCCCCC[Si]Cl. The lowest BCUT2D eigenvalue weighted by Gasteiger charge is -2.03. The molecule has 2 radical (unpaired) electrons. The largest absolute Gasteiger partial charge is 0.171 e. The molecule has 0 rings (SSSR count). The summed E-state index contributed by atoms with van der Waals surface area (Å²) in [6, 6.07) is 1.24. The quantitative estimate of drug-likeness (QED) is 0.136. The van der Waals surface area contributed by atoms with E-state index < -0.39 is 0 Å². The van der Waals surface area contributed by atoms with Crippen LogP contribution in [0.1, 0.15) is 116 Å². The van der Waals surface area contributed by atoms with E-state index in [4.69, 9.17) is 11.1 Å². The van der Waals surface area contributed by atoms with Gasteiger partial charge in [0.2, 0.25) is 0 Å². The normalized spacial score (nSPS) is 11.1. The van der Waals surface area contributed by atoms with Crippen LogP contribution in [0.15, 0.2) is 0 Å². The standard InChI is InChI=1S/C19H39ClSi/c1-2-3-4-5-6-7-8-9-10-11-12-13-14-15-16-17-18-19-21-20/h2-19H2,1H3. The Labute approximate surface area is 142 Å². The van der Waals surface area contributed by atoms with E-state index in [2.05, 4.69) is 6.92 Å². The van der Waals surface area contributed by atoms with E-state index in [1.807, 2.05) is 0 Å². The molecule has 0 fully saturated rings. The van der Waals surface area contributed by atoms with E-state index >= 15 is 0 Å². The first kappa shape index (κ1) is 21.5. The molecule has 0 atom stereocenters. The third-order valence-corrected chi connectivity index (χ3v) is 5.48. The van der Waals surface area contributed by atoms with E-state index in [9.17, 15) is 0 Å².